The number of imidazole rings is 1. The Balaban J connectivity index is 2.17. The zero-order chi connectivity index (χ0) is 12.3. The second-order valence-electron chi connectivity index (χ2n) is 3.76. The van der Waals surface area contributed by atoms with Crippen molar-refractivity contribution in [3.8, 4) is 5.75 Å². The molecule has 1 heterocycles. The number of nitrogens with zero attached hydrogens (tertiary/aromatic N) is 2. The average Bonchev–Trinajstić information content (AvgIpc) is 2.75. The van der Waals surface area contributed by atoms with Crippen LogP contribution >= 0.6 is 0 Å². The molecule has 0 amide bonds. The molecule has 0 fully saturated rings. The number of ketones is 1. The molecule has 1 aromatic heterocycles. The molecule has 2 rings (SSSR count). The van der Waals surface area contributed by atoms with E-state index in [0.29, 0.717) is 17.9 Å². The lowest BCUT2D eigenvalue weighted by atomic mass is 10.1. The normalized spacial score (nSPS) is 10.2. The van der Waals surface area contributed by atoms with Crippen molar-refractivity contribution in [2.75, 3.05) is 7.11 Å². The molecule has 0 aliphatic carbocycles. The molecule has 0 saturated heterocycles. The summed E-state index contributed by atoms with van der Waals surface area (Å²) in [5.74, 6) is 1.57. The van der Waals surface area contributed by atoms with Crippen LogP contribution in [0.25, 0.3) is 0 Å². The van der Waals surface area contributed by atoms with Gasteiger partial charge in [0.25, 0.3) is 0 Å². The summed E-state index contributed by atoms with van der Waals surface area (Å²) < 4.78 is 6.91. The Kier molecular flexibility index (Phi) is 3.23. The van der Waals surface area contributed by atoms with Crippen molar-refractivity contribution >= 4 is 5.78 Å². The van der Waals surface area contributed by atoms with Gasteiger partial charge in [-0.1, -0.05) is 12.1 Å². The van der Waals surface area contributed by atoms with Crippen LogP contribution in [0.3, 0.4) is 0 Å². The van der Waals surface area contributed by atoms with Gasteiger partial charge in [0.2, 0.25) is 0 Å². The molecule has 0 N–H and O–H groups in total. The lowest BCUT2D eigenvalue weighted by Gasteiger charge is -2.06. The van der Waals surface area contributed by atoms with Crippen molar-refractivity contribution in [2.24, 2.45) is 0 Å². The van der Waals surface area contributed by atoms with E-state index in [-0.39, 0.29) is 5.78 Å². The van der Waals surface area contributed by atoms with E-state index in [0.717, 1.165) is 5.82 Å². The summed E-state index contributed by atoms with van der Waals surface area (Å²) in [6.45, 7) is 2.18. The van der Waals surface area contributed by atoms with Gasteiger partial charge in [0.15, 0.2) is 5.78 Å². The largest absolute Gasteiger partial charge is 0.497 e. The zero-order valence-corrected chi connectivity index (χ0v) is 9.88. The number of hydrogen-bond acceptors (Lipinski definition) is 3. The molecule has 0 unspecified atom stereocenters. The van der Waals surface area contributed by atoms with Gasteiger partial charge < -0.3 is 9.30 Å². The van der Waals surface area contributed by atoms with Crippen molar-refractivity contribution in [3.63, 3.8) is 0 Å². The molecule has 0 atom stereocenters. The zero-order valence-electron chi connectivity index (χ0n) is 9.88. The highest BCUT2D eigenvalue weighted by Gasteiger charge is 2.08. The fourth-order valence-electron chi connectivity index (χ4n) is 1.61. The Labute approximate surface area is 99.9 Å². The van der Waals surface area contributed by atoms with Crippen molar-refractivity contribution in [1.29, 1.82) is 0 Å². The van der Waals surface area contributed by atoms with E-state index in [4.69, 9.17) is 4.74 Å². The summed E-state index contributed by atoms with van der Waals surface area (Å²) in [4.78, 5) is 16.1. The fourth-order valence-corrected chi connectivity index (χ4v) is 1.61. The van der Waals surface area contributed by atoms with Gasteiger partial charge in [0, 0.05) is 18.0 Å². The van der Waals surface area contributed by atoms with Crippen LogP contribution in [0.2, 0.25) is 0 Å². The van der Waals surface area contributed by atoms with Crippen molar-refractivity contribution in [1.82, 2.24) is 9.55 Å². The summed E-state index contributed by atoms with van der Waals surface area (Å²) in [5.41, 5.74) is 0.650. The molecule has 0 radical (unpaired) electrons. The van der Waals surface area contributed by atoms with E-state index in [1.54, 1.807) is 31.6 Å². The van der Waals surface area contributed by atoms with E-state index in [9.17, 15) is 4.79 Å². The minimum atomic E-state index is 0.0463. The van der Waals surface area contributed by atoms with Gasteiger partial charge >= 0.3 is 0 Å². The fraction of sp³-hybridized carbons (Fsp3) is 0.231. The van der Waals surface area contributed by atoms with Gasteiger partial charge in [0.1, 0.15) is 11.6 Å². The minimum absolute atomic E-state index is 0.0463. The maximum atomic E-state index is 12.0. The number of aromatic nitrogens is 2. The maximum absolute atomic E-state index is 12.0. The molecule has 0 saturated carbocycles. The summed E-state index contributed by atoms with van der Waals surface area (Å²) in [7, 11) is 1.59. The molecule has 88 valence electrons. The standard InChI is InChI=1S/C13H14N2O2/c1-10-14-6-7-15(10)9-13(16)11-4-3-5-12(8-11)17-2/h3-8H,9H2,1-2H3. The van der Waals surface area contributed by atoms with Crippen molar-refractivity contribution in [2.45, 2.75) is 13.5 Å². The van der Waals surface area contributed by atoms with Gasteiger partial charge in [-0.2, -0.15) is 0 Å². The Bertz CT molecular complexity index is 532. The van der Waals surface area contributed by atoms with Crippen LogP contribution in [-0.4, -0.2) is 22.4 Å². The number of hydrogen-bond donors (Lipinski definition) is 0. The van der Waals surface area contributed by atoms with E-state index >= 15 is 0 Å². The number of aryl methyl sites for hydroxylation is 1. The monoisotopic (exact) mass is 230 g/mol. The lowest BCUT2D eigenvalue weighted by Crippen LogP contribution is -2.11. The predicted molar refractivity (Wildman–Crippen MR) is 64.3 cm³/mol. The smallest absolute Gasteiger partial charge is 0.182 e. The number of carbonyl (C=O) groups excluding carboxylic acids is 1. The second-order valence-corrected chi connectivity index (χ2v) is 3.76. The number of methoxy groups -OCH3 is 1. The van der Waals surface area contributed by atoms with Gasteiger partial charge in [-0.3, -0.25) is 4.79 Å². The van der Waals surface area contributed by atoms with Crippen molar-refractivity contribution < 1.29 is 9.53 Å². The Morgan fingerprint density at radius 1 is 1.47 bits per heavy atom. The Morgan fingerprint density at radius 2 is 2.29 bits per heavy atom. The van der Waals surface area contributed by atoms with Gasteiger partial charge in [-0.15, -0.1) is 0 Å². The molecule has 0 aliphatic rings. The summed E-state index contributed by atoms with van der Waals surface area (Å²) in [6, 6.07) is 7.16. The van der Waals surface area contributed by atoms with Crippen LogP contribution in [0.15, 0.2) is 36.7 Å². The lowest BCUT2D eigenvalue weighted by molar-refractivity contribution is 0.0971. The Hall–Kier alpha value is -2.10. The van der Waals surface area contributed by atoms with E-state index < -0.39 is 0 Å². The van der Waals surface area contributed by atoms with E-state index in [1.165, 1.54) is 0 Å². The highest BCUT2D eigenvalue weighted by Crippen LogP contribution is 2.13. The minimum Gasteiger partial charge on any atom is -0.497 e. The average molecular weight is 230 g/mol. The molecule has 0 bridgehead atoms. The number of ether oxygens (including phenoxy) is 1. The summed E-state index contributed by atoms with van der Waals surface area (Å²) in [5, 5.41) is 0. The second kappa shape index (κ2) is 4.82. The summed E-state index contributed by atoms with van der Waals surface area (Å²) >= 11 is 0. The molecular weight excluding hydrogens is 216 g/mol. The highest BCUT2D eigenvalue weighted by atomic mass is 16.5. The molecule has 17 heavy (non-hydrogen) atoms. The van der Waals surface area contributed by atoms with Crippen LogP contribution in [0, 0.1) is 6.92 Å². The third-order valence-electron chi connectivity index (χ3n) is 2.63. The van der Waals surface area contributed by atoms with Crippen LogP contribution < -0.4 is 4.74 Å². The van der Waals surface area contributed by atoms with Gasteiger partial charge in [0.05, 0.1) is 13.7 Å². The first kappa shape index (κ1) is 11.4. The summed E-state index contributed by atoms with van der Waals surface area (Å²) in [6.07, 6.45) is 3.49. The molecule has 0 aliphatic heterocycles. The Morgan fingerprint density at radius 3 is 2.94 bits per heavy atom. The topological polar surface area (TPSA) is 44.1 Å². The quantitative estimate of drug-likeness (QED) is 0.755. The first-order chi connectivity index (χ1) is 8.20. The van der Waals surface area contributed by atoms with E-state index in [2.05, 4.69) is 4.98 Å². The SMILES string of the molecule is COc1cccc(C(=O)Cn2ccnc2C)c1. The maximum Gasteiger partial charge on any atom is 0.182 e. The molecule has 1 aromatic carbocycles. The third-order valence-corrected chi connectivity index (χ3v) is 2.63. The number of carbonyl (C=O) groups is 1. The molecule has 2 aromatic rings. The van der Waals surface area contributed by atoms with Crippen LogP contribution in [-0.2, 0) is 6.54 Å². The van der Waals surface area contributed by atoms with Crippen LogP contribution in [0.4, 0.5) is 0 Å². The highest BCUT2D eigenvalue weighted by molar-refractivity contribution is 5.96. The third kappa shape index (κ3) is 2.53. The van der Waals surface area contributed by atoms with Crippen LogP contribution in [0.1, 0.15) is 16.2 Å². The molecular formula is C13H14N2O2. The number of benzene rings is 1. The molecule has 0 spiro atoms. The van der Waals surface area contributed by atoms with Crippen LogP contribution in [0.5, 0.6) is 5.75 Å². The first-order valence-electron chi connectivity index (χ1n) is 5.35. The van der Waals surface area contributed by atoms with Crippen molar-refractivity contribution in [3.05, 3.63) is 48.0 Å². The molecule has 4 heteroatoms. The van der Waals surface area contributed by atoms with Gasteiger partial charge in [-0.05, 0) is 19.1 Å². The number of Topliss-reactive ketones (excluding diaryl/α,β-unsaturated/α-hetero) is 1. The van der Waals surface area contributed by atoms with Gasteiger partial charge in [-0.25, -0.2) is 4.98 Å². The van der Waals surface area contributed by atoms with E-state index in [1.807, 2.05) is 23.6 Å². The first-order valence-corrected chi connectivity index (χ1v) is 5.35. The predicted octanol–water partition coefficient (Wildman–Crippen LogP) is 2.08. The number of rotatable bonds is 4. The molecule has 4 nitrogen and oxygen atoms in total.